The van der Waals surface area contributed by atoms with Crippen LogP contribution in [0.1, 0.15) is 34.1 Å². The average molecular weight is 270 g/mol. The van der Waals surface area contributed by atoms with Crippen molar-refractivity contribution >= 4 is 23.6 Å². The fourth-order valence-corrected chi connectivity index (χ4v) is 4.14. The van der Waals surface area contributed by atoms with Crippen molar-refractivity contribution in [2.24, 2.45) is 5.41 Å². The van der Waals surface area contributed by atoms with Crippen molar-refractivity contribution in [3.63, 3.8) is 0 Å². The van der Waals surface area contributed by atoms with E-state index < -0.39 is 0 Å². The minimum atomic E-state index is -0.346. The van der Waals surface area contributed by atoms with E-state index in [4.69, 9.17) is 0 Å². The van der Waals surface area contributed by atoms with Crippen LogP contribution in [0.15, 0.2) is 0 Å². The van der Waals surface area contributed by atoms with Gasteiger partial charge in [-0.3, -0.25) is 9.59 Å². The zero-order chi connectivity index (χ0) is 13.6. The highest BCUT2D eigenvalue weighted by Gasteiger charge is 2.51. The van der Waals surface area contributed by atoms with Gasteiger partial charge in [0.15, 0.2) is 0 Å². The summed E-state index contributed by atoms with van der Waals surface area (Å²) in [7, 11) is 0. The van der Waals surface area contributed by atoms with Crippen LogP contribution < -0.4 is 0 Å². The molecule has 2 aliphatic rings. The number of hydrogen-bond acceptors (Lipinski definition) is 3. The van der Waals surface area contributed by atoms with Crippen LogP contribution in [0.4, 0.5) is 0 Å². The lowest BCUT2D eigenvalue weighted by molar-refractivity contribution is -0.142. The Labute approximate surface area is 113 Å². The van der Waals surface area contributed by atoms with Crippen molar-refractivity contribution in [3.8, 4) is 0 Å². The molecule has 0 N–H and O–H groups in total. The van der Waals surface area contributed by atoms with E-state index in [2.05, 4.69) is 0 Å². The molecule has 0 bridgehead atoms. The Morgan fingerprint density at radius 2 is 1.89 bits per heavy atom. The Kier molecular flexibility index (Phi) is 3.38. The van der Waals surface area contributed by atoms with Crippen LogP contribution in [0.5, 0.6) is 0 Å². The number of rotatable bonds is 0. The Morgan fingerprint density at radius 1 is 1.22 bits per heavy atom. The maximum atomic E-state index is 12.5. The molecule has 102 valence electrons. The van der Waals surface area contributed by atoms with Crippen LogP contribution in [0.3, 0.4) is 0 Å². The molecule has 0 aliphatic carbocycles. The monoisotopic (exact) mass is 270 g/mol. The summed E-state index contributed by atoms with van der Waals surface area (Å²) in [6.45, 7) is 9.77. The second kappa shape index (κ2) is 4.44. The fraction of sp³-hybridized carbons (Fsp3) is 0.846. The molecule has 5 heteroatoms. The first-order valence-corrected chi connectivity index (χ1v) is 7.46. The summed E-state index contributed by atoms with van der Waals surface area (Å²) in [5.74, 6) is 1.30. The minimum Gasteiger partial charge on any atom is -0.340 e. The molecule has 1 spiro atoms. The maximum Gasteiger partial charge on any atom is 0.229 e. The molecule has 2 rings (SSSR count). The van der Waals surface area contributed by atoms with Crippen molar-refractivity contribution in [3.05, 3.63) is 0 Å². The second-order valence-electron chi connectivity index (χ2n) is 6.19. The molecule has 1 unspecified atom stereocenters. The Morgan fingerprint density at radius 3 is 2.39 bits per heavy atom. The van der Waals surface area contributed by atoms with Gasteiger partial charge >= 0.3 is 0 Å². The summed E-state index contributed by atoms with van der Waals surface area (Å²) in [4.78, 5) is 27.7. The lowest BCUT2D eigenvalue weighted by Gasteiger charge is -2.37. The lowest BCUT2D eigenvalue weighted by Crippen LogP contribution is -2.51. The number of nitrogens with zero attached hydrogens (tertiary/aromatic N) is 2. The molecule has 2 heterocycles. The molecule has 2 fully saturated rings. The van der Waals surface area contributed by atoms with Gasteiger partial charge in [-0.25, -0.2) is 0 Å². The average Bonchev–Trinajstić information content (AvgIpc) is 2.84. The SMILES string of the molecule is CC(=O)N1CCC2(C1)SCCN2C(=O)C(C)(C)C. The third-order valence-electron chi connectivity index (χ3n) is 3.72. The standard InChI is InChI=1S/C13H22N2O2S/c1-10(16)14-6-5-13(9-14)15(7-8-18-13)11(17)12(2,3)4/h5-9H2,1-4H3. The van der Waals surface area contributed by atoms with E-state index in [1.54, 1.807) is 6.92 Å². The number of amides is 2. The molecular weight excluding hydrogens is 248 g/mol. The van der Waals surface area contributed by atoms with Crippen LogP contribution in [0, 0.1) is 5.41 Å². The van der Waals surface area contributed by atoms with Gasteiger partial charge < -0.3 is 9.80 Å². The molecule has 0 aromatic rings. The largest absolute Gasteiger partial charge is 0.340 e. The topological polar surface area (TPSA) is 40.6 Å². The molecular formula is C13H22N2O2S. The Hall–Kier alpha value is -0.710. The second-order valence-corrected chi connectivity index (χ2v) is 7.65. The van der Waals surface area contributed by atoms with Gasteiger partial charge in [0.05, 0.1) is 6.54 Å². The zero-order valence-electron chi connectivity index (χ0n) is 11.7. The van der Waals surface area contributed by atoms with Crippen LogP contribution >= 0.6 is 11.8 Å². The van der Waals surface area contributed by atoms with Crippen molar-refractivity contribution in [2.75, 3.05) is 25.4 Å². The van der Waals surface area contributed by atoms with Crippen LogP contribution in [-0.2, 0) is 9.59 Å². The van der Waals surface area contributed by atoms with Gasteiger partial charge in [-0.2, -0.15) is 0 Å². The summed E-state index contributed by atoms with van der Waals surface area (Å²) < 4.78 is 0. The molecule has 0 aromatic carbocycles. The highest BCUT2D eigenvalue weighted by atomic mass is 32.2. The number of thioether (sulfide) groups is 1. The van der Waals surface area contributed by atoms with Crippen molar-refractivity contribution in [1.82, 2.24) is 9.80 Å². The highest BCUT2D eigenvalue weighted by Crippen LogP contribution is 2.44. The molecule has 0 radical (unpaired) electrons. The summed E-state index contributed by atoms with van der Waals surface area (Å²) >= 11 is 1.84. The minimum absolute atomic E-state index is 0.113. The molecule has 1 atom stereocenters. The number of hydrogen-bond donors (Lipinski definition) is 0. The van der Waals surface area contributed by atoms with Gasteiger partial charge in [0.25, 0.3) is 0 Å². The summed E-state index contributed by atoms with van der Waals surface area (Å²) in [6, 6.07) is 0. The zero-order valence-corrected chi connectivity index (χ0v) is 12.5. The predicted molar refractivity (Wildman–Crippen MR) is 73.2 cm³/mol. The van der Waals surface area contributed by atoms with E-state index in [9.17, 15) is 9.59 Å². The third-order valence-corrected chi connectivity index (χ3v) is 5.20. The molecule has 0 aromatic heterocycles. The van der Waals surface area contributed by atoms with Crippen molar-refractivity contribution in [2.45, 2.75) is 39.0 Å². The van der Waals surface area contributed by atoms with E-state index in [-0.39, 0.29) is 22.1 Å². The van der Waals surface area contributed by atoms with Gasteiger partial charge in [0, 0.05) is 31.2 Å². The van der Waals surface area contributed by atoms with E-state index in [1.807, 2.05) is 42.3 Å². The first-order valence-electron chi connectivity index (χ1n) is 6.48. The van der Waals surface area contributed by atoms with Crippen molar-refractivity contribution < 1.29 is 9.59 Å². The molecule has 2 aliphatic heterocycles. The lowest BCUT2D eigenvalue weighted by atomic mass is 9.93. The van der Waals surface area contributed by atoms with Crippen LogP contribution in [-0.4, -0.2) is 51.9 Å². The van der Waals surface area contributed by atoms with Gasteiger partial charge in [-0.1, -0.05) is 20.8 Å². The first-order chi connectivity index (χ1) is 8.26. The third kappa shape index (κ3) is 2.25. The number of likely N-dealkylation sites (tertiary alicyclic amines) is 1. The number of carbonyl (C=O) groups is 2. The van der Waals surface area contributed by atoms with E-state index in [0.717, 1.165) is 25.3 Å². The van der Waals surface area contributed by atoms with E-state index >= 15 is 0 Å². The molecule has 4 nitrogen and oxygen atoms in total. The first kappa shape index (κ1) is 13.7. The molecule has 18 heavy (non-hydrogen) atoms. The molecule has 0 saturated carbocycles. The summed E-state index contributed by atoms with van der Waals surface area (Å²) in [5.41, 5.74) is -0.346. The predicted octanol–water partition coefficient (Wildman–Crippen LogP) is 1.56. The highest BCUT2D eigenvalue weighted by molar-refractivity contribution is 8.00. The van der Waals surface area contributed by atoms with Gasteiger partial charge in [0.2, 0.25) is 11.8 Å². The molecule has 2 saturated heterocycles. The fourth-order valence-electron chi connectivity index (χ4n) is 2.67. The van der Waals surface area contributed by atoms with Gasteiger partial charge in [-0.05, 0) is 6.42 Å². The van der Waals surface area contributed by atoms with Gasteiger partial charge in [-0.15, -0.1) is 11.8 Å². The maximum absolute atomic E-state index is 12.5. The number of carbonyl (C=O) groups excluding carboxylic acids is 2. The van der Waals surface area contributed by atoms with Crippen molar-refractivity contribution in [1.29, 1.82) is 0 Å². The quantitative estimate of drug-likeness (QED) is 0.670. The van der Waals surface area contributed by atoms with Crippen LogP contribution in [0.25, 0.3) is 0 Å². The smallest absolute Gasteiger partial charge is 0.229 e. The summed E-state index contributed by atoms with van der Waals surface area (Å²) in [6.07, 6.45) is 0.902. The summed E-state index contributed by atoms with van der Waals surface area (Å²) in [5, 5.41) is 0. The van der Waals surface area contributed by atoms with Crippen LogP contribution in [0.2, 0.25) is 0 Å². The van der Waals surface area contributed by atoms with E-state index in [1.165, 1.54) is 0 Å². The van der Waals surface area contributed by atoms with E-state index in [0.29, 0.717) is 6.54 Å². The Bertz CT molecular complexity index is 378. The molecule has 2 amide bonds. The normalized spacial score (nSPS) is 28.2. The van der Waals surface area contributed by atoms with Gasteiger partial charge in [0.1, 0.15) is 4.87 Å². The Balaban J connectivity index is 2.18.